The Labute approximate surface area is 221 Å². The van der Waals surface area contributed by atoms with Gasteiger partial charge in [-0.05, 0) is 56.9 Å². The van der Waals surface area contributed by atoms with Gasteiger partial charge in [-0.2, -0.15) is 0 Å². The van der Waals surface area contributed by atoms with Gasteiger partial charge in [-0.3, -0.25) is 4.90 Å². The maximum absolute atomic E-state index is 5.51. The Kier molecular flexibility index (Phi) is 18.7. The molecule has 210 valence electrons. The summed E-state index contributed by atoms with van der Waals surface area (Å²) in [6.07, 6.45) is 19.8. The van der Waals surface area contributed by atoms with Crippen molar-refractivity contribution in [3.63, 3.8) is 0 Å². The van der Waals surface area contributed by atoms with Gasteiger partial charge in [-0.15, -0.1) is 0 Å². The average Bonchev–Trinajstić information content (AvgIpc) is 2.82. The fraction of sp³-hybridized carbons (Fsp3) is 1.00. The van der Waals surface area contributed by atoms with E-state index in [1.807, 2.05) is 0 Å². The molecule has 0 aromatic heterocycles. The van der Waals surface area contributed by atoms with Gasteiger partial charge in [-0.1, -0.05) is 112 Å². The third-order valence-electron chi connectivity index (χ3n) is 8.69. The summed E-state index contributed by atoms with van der Waals surface area (Å²) >= 11 is 0. The van der Waals surface area contributed by atoms with Crippen LogP contribution in [0.1, 0.15) is 138 Å². The third kappa shape index (κ3) is 17.1. The summed E-state index contributed by atoms with van der Waals surface area (Å²) in [5.41, 5.74) is 0.233. The second kappa shape index (κ2) is 19.9. The largest absolute Gasteiger partial charge is 0.379 e. The first-order valence-electron chi connectivity index (χ1n) is 15.8. The lowest BCUT2D eigenvalue weighted by molar-refractivity contribution is -0.00955. The van der Waals surface area contributed by atoms with E-state index in [9.17, 15) is 0 Å². The van der Waals surface area contributed by atoms with E-state index < -0.39 is 0 Å². The van der Waals surface area contributed by atoms with Gasteiger partial charge in [0.1, 0.15) is 0 Å². The van der Waals surface area contributed by atoms with E-state index in [2.05, 4.69) is 58.7 Å². The molecule has 0 radical (unpaired) electrons. The second-order valence-corrected chi connectivity index (χ2v) is 13.1. The van der Waals surface area contributed by atoms with Crippen molar-refractivity contribution in [1.29, 1.82) is 0 Å². The molecule has 4 unspecified atom stereocenters. The topological polar surface area (TPSA) is 24.5 Å². The van der Waals surface area contributed by atoms with Gasteiger partial charge >= 0.3 is 0 Å². The lowest BCUT2D eigenvalue weighted by atomic mass is 9.91. The van der Waals surface area contributed by atoms with E-state index in [0.717, 1.165) is 63.1 Å². The standard InChI is InChI=1S/C32H66N2O/c1-8-14-28(2)17-11-18-29(3)15-9-10-16-30(4)19-12-20-31(5)21-13-22-33-27-32(6,7)34-23-25-35-26-24-34/h28-31,33H,8-27H2,1-7H3. The Morgan fingerprint density at radius 1 is 0.657 bits per heavy atom. The molecule has 0 amide bonds. The molecule has 1 fully saturated rings. The van der Waals surface area contributed by atoms with E-state index in [4.69, 9.17) is 4.74 Å². The highest BCUT2D eigenvalue weighted by atomic mass is 16.5. The van der Waals surface area contributed by atoms with Gasteiger partial charge < -0.3 is 10.1 Å². The summed E-state index contributed by atoms with van der Waals surface area (Å²) in [5, 5.41) is 3.73. The lowest BCUT2D eigenvalue weighted by Gasteiger charge is -2.41. The summed E-state index contributed by atoms with van der Waals surface area (Å²) in [7, 11) is 0. The smallest absolute Gasteiger partial charge is 0.0594 e. The summed E-state index contributed by atoms with van der Waals surface area (Å²) < 4.78 is 5.51. The summed E-state index contributed by atoms with van der Waals surface area (Å²) in [4.78, 5) is 2.57. The molecule has 4 atom stereocenters. The molecule has 3 nitrogen and oxygen atoms in total. The zero-order chi connectivity index (χ0) is 25.9. The van der Waals surface area contributed by atoms with Gasteiger partial charge in [0.15, 0.2) is 0 Å². The fourth-order valence-corrected chi connectivity index (χ4v) is 5.94. The quantitative estimate of drug-likeness (QED) is 0.152. The molecule has 1 saturated heterocycles. The number of hydrogen-bond acceptors (Lipinski definition) is 3. The number of morpholine rings is 1. The van der Waals surface area contributed by atoms with E-state index >= 15 is 0 Å². The van der Waals surface area contributed by atoms with E-state index in [0.29, 0.717) is 0 Å². The predicted molar refractivity (Wildman–Crippen MR) is 156 cm³/mol. The molecule has 0 aromatic rings. The van der Waals surface area contributed by atoms with Crippen molar-refractivity contribution in [3.05, 3.63) is 0 Å². The molecule has 0 spiro atoms. The highest BCUT2D eigenvalue weighted by molar-refractivity contribution is 4.85. The predicted octanol–water partition coefficient (Wildman–Crippen LogP) is 8.71. The number of hydrogen-bond donors (Lipinski definition) is 1. The summed E-state index contributed by atoms with van der Waals surface area (Å²) in [6.45, 7) is 23.1. The Hall–Kier alpha value is -0.120. The van der Waals surface area contributed by atoms with Gasteiger partial charge in [0.05, 0.1) is 13.2 Å². The van der Waals surface area contributed by atoms with Crippen molar-refractivity contribution in [2.45, 2.75) is 144 Å². The van der Waals surface area contributed by atoms with Crippen molar-refractivity contribution < 1.29 is 4.74 Å². The highest BCUT2D eigenvalue weighted by Crippen LogP contribution is 2.23. The van der Waals surface area contributed by atoms with E-state index in [1.165, 1.54) is 89.9 Å². The first-order chi connectivity index (χ1) is 16.7. The molecule has 1 heterocycles. The number of rotatable bonds is 22. The molecule has 1 aliphatic heterocycles. The minimum absolute atomic E-state index is 0.233. The van der Waals surface area contributed by atoms with Crippen LogP contribution < -0.4 is 5.32 Å². The van der Waals surface area contributed by atoms with Crippen molar-refractivity contribution in [2.75, 3.05) is 39.4 Å². The lowest BCUT2D eigenvalue weighted by Crippen LogP contribution is -2.54. The van der Waals surface area contributed by atoms with Crippen LogP contribution in [-0.4, -0.2) is 49.8 Å². The molecular formula is C32H66N2O. The zero-order valence-corrected chi connectivity index (χ0v) is 25.3. The van der Waals surface area contributed by atoms with Gasteiger partial charge in [0.2, 0.25) is 0 Å². The maximum Gasteiger partial charge on any atom is 0.0594 e. The average molecular weight is 495 g/mol. The Bertz CT molecular complexity index is 474. The van der Waals surface area contributed by atoms with Crippen LogP contribution in [0.25, 0.3) is 0 Å². The molecule has 0 saturated carbocycles. The maximum atomic E-state index is 5.51. The monoisotopic (exact) mass is 495 g/mol. The van der Waals surface area contributed by atoms with Crippen LogP contribution in [0.3, 0.4) is 0 Å². The zero-order valence-electron chi connectivity index (χ0n) is 25.3. The molecule has 0 aliphatic carbocycles. The minimum atomic E-state index is 0.233. The van der Waals surface area contributed by atoms with Crippen molar-refractivity contribution in [3.8, 4) is 0 Å². The van der Waals surface area contributed by atoms with Crippen molar-refractivity contribution >= 4 is 0 Å². The number of unbranched alkanes of at least 4 members (excludes halogenated alkanes) is 1. The minimum Gasteiger partial charge on any atom is -0.379 e. The van der Waals surface area contributed by atoms with Crippen LogP contribution in [0, 0.1) is 23.7 Å². The summed E-state index contributed by atoms with van der Waals surface area (Å²) in [6, 6.07) is 0. The third-order valence-corrected chi connectivity index (χ3v) is 8.69. The summed E-state index contributed by atoms with van der Waals surface area (Å²) in [5.74, 6) is 3.65. The highest BCUT2D eigenvalue weighted by Gasteiger charge is 2.27. The van der Waals surface area contributed by atoms with Crippen molar-refractivity contribution in [1.82, 2.24) is 10.2 Å². The Morgan fingerprint density at radius 3 is 1.57 bits per heavy atom. The molecular weight excluding hydrogens is 428 g/mol. The van der Waals surface area contributed by atoms with Gasteiger partial charge in [0, 0.05) is 25.2 Å². The van der Waals surface area contributed by atoms with E-state index in [-0.39, 0.29) is 5.54 Å². The number of nitrogens with one attached hydrogen (secondary N) is 1. The van der Waals surface area contributed by atoms with Gasteiger partial charge in [0.25, 0.3) is 0 Å². The fourth-order valence-electron chi connectivity index (χ4n) is 5.94. The normalized spacial score (nSPS) is 18.9. The number of nitrogens with zero attached hydrogens (tertiary/aromatic N) is 1. The molecule has 35 heavy (non-hydrogen) atoms. The van der Waals surface area contributed by atoms with Crippen LogP contribution in [0.15, 0.2) is 0 Å². The van der Waals surface area contributed by atoms with Gasteiger partial charge in [-0.25, -0.2) is 0 Å². The van der Waals surface area contributed by atoms with Crippen LogP contribution in [0.5, 0.6) is 0 Å². The molecule has 1 rings (SSSR count). The molecule has 0 aromatic carbocycles. The Balaban J connectivity index is 1.95. The SMILES string of the molecule is CCCC(C)CCCC(C)CCCCC(C)CCCC(C)CCCNCC(C)(C)N1CCOCC1. The van der Waals surface area contributed by atoms with Crippen molar-refractivity contribution in [2.24, 2.45) is 23.7 Å². The van der Waals surface area contributed by atoms with Crippen LogP contribution in [-0.2, 0) is 4.74 Å². The molecule has 0 bridgehead atoms. The van der Waals surface area contributed by atoms with E-state index in [1.54, 1.807) is 0 Å². The molecule has 3 heteroatoms. The first kappa shape index (κ1) is 32.9. The Morgan fingerprint density at radius 2 is 1.09 bits per heavy atom. The molecule has 1 N–H and O–H groups in total. The van der Waals surface area contributed by atoms with Crippen LogP contribution >= 0.6 is 0 Å². The molecule has 1 aliphatic rings. The second-order valence-electron chi connectivity index (χ2n) is 13.1. The van der Waals surface area contributed by atoms with Crippen LogP contribution in [0.2, 0.25) is 0 Å². The number of ether oxygens (including phenoxy) is 1. The first-order valence-corrected chi connectivity index (χ1v) is 15.8. The van der Waals surface area contributed by atoms with Crippen LogP contribution in [0.4, 0.5) is 0 Å².